The number of methoxy groups -OCH3 is 1. The number of rotatable bonds is 3. The van der Waals surface area contributed by atoms with Gasteiger partial charge in [0, 0.05) is 5.69 Å². The molecule has 0 aliphatic rings. The SMILES string of the molecule is CCOc1c(OC)nc(C)c(C)c1C#N. The summed E-state index contributed by atoms with van der Waals surface area (Å²) in [6.45, 7) is 6.03. The lowest BCUT2D eigenvalue weighted by atomic mass is 10.1. The Morgan fingerprint density at radius 3 is 2.53 bits per heavy atom. The second-order valence-corrected chi connectivity index (χ2v) is 3.08. The Hall–Kier alpha value is -1.76. The maximum atomic E-state index is 9.06. The molecule has 1 rings (SSSR count). The Balaban J connectivity index is 3.44. The van der Waals surface area contributed by atoms with Gasteiger partial charge in [-0.2, -0.15) is 5.26 Å². The monoisotopic (exact) mass is 206 g/mol. The number of aryl methyl sites for hydroxylation is 1. The van der Waals surface area contributed by atoms with E-state index in [0.29, 0.717) is 23.8 Å². The highest BCUT2D eigenvalue weighted by Crippen LogP contribution is 2.32. The molecule has 0 saturated carbocycles. The van der Waals surface area contributed by atoms with Gasteiger partial charge >= 0.3 is 0 Å². The Kier molecular flexibility index (Phi) is 3.51. The number of pyridine rings is 1. The largest absolute Gasteiger partial charge is 0.487 e. The van der Waals surface area contributed by atoms with Crippen LogP contribution in [-0.2, 0) is 0 Å². The van der Waals surface area contributed by atoms with E-state index in [2.05, 4.69) is 11.1 Å². The van der Waals surface area contributed by atoms with E-state index in [9.17, 15) is 0 Å². The van der Waals surface area contributed by atoms with Gasteiger partial charge in [0.05, 0.1) is 13.7 Å². The summed E-state index contributed by atoms with van der Waals surface area (Å²) in [4.78, 5) is 4.22. The molecule has 0 aliphatic carbocycles. The van der Waals surface area contributed by atoms with Gasteiger partial charge in [-0.1, -0.05) is 0 Å². The molecule has 0 atom stereocenters. The third-order valence-electron chi connectivity index (χ3n) is 2.20. The van der Waals surface area contributed by atoms with Crippen molar-refractivity contribution in [2.24, 2.45) is 0 Å². The van der Waals surface area contributed by atoms with Crippen molar-refractivity contribution in [3.63, 3.8) is 0 Å². The molecule has 0 aliphatic heterocycles. The molecular formula is C11H14N2O2. The predicted molar refractivity (Wildman–Crippen MR) is 56.1 cm³/mol. The minimum absolute atomic E-state index is 0.372. The van der Waals surface area contributed by atoms with Crippen LogP contribution in [-0.4, -0.2) is 18.7 Å². The van der Waals surface area contributed by atoms with Crippen molar-refractivity contribution in [1.29, 1.82) is 5.26 Å². The van der Waals surface area contributed by atoms with E-state index in [1.807, 2.05) is 20.8 Å². The summed E-state index contributed by atoms with van der Waals surface area (Å²) in [6, 6.07) is 2.12. The van der Waals surface area contributed by atoms with Crippen molar-refractivity contribution < 1.29 is 9.47 Å². The van der Waals surface area contributed by atoms with Crippen molar-refractivity contribution in [3.8, 4) is 17.7 Å². The van der Waals surface area contributed by atoms with E-state index >= 15 is 0 Å². The number of nitriles is 1. The number of nitrogens with zero attached hydrogens (tertiary/aromatic N) is 2. The van der Waals surface area contributed by atoms with Gasteiger partial charge in [-0.15, -0.1) is 0 Å². The average molecular weight is 206 g/mol. The highest BCUT2D eigenvalue weighted by atomic mass is 16.5. The lowest BCUT2D eigenvalue weighted by Gasteiger charge is -2.12. The molecule has 0 spiro atoms. The maximum Gasteiger partial charge on any atom is 0.258 e. The highest BCUT2D eigenvalue weighted by Gasteiger charge is 2.16. The zero-order chi connectivity index (χ0) is 11.4. The van der Waals surface area contributed by atoms with E-state index < -0.39 is 0 Å². The topological polar surface area (TPSA) is 55.1 Å². The first-order valence-corrected chi connectivity index (χ1v) is 4.73. The number of ether oxygens (including phenoxy) is 2. The van der Waals surface area contributed by atoms with Crippen LogP contribution in [0.4, 0.5) is 0 Å². The number of aromatic nitrogens is 1. The van der Waals surface area contributed by atoms with Gasteiger partial charge in [0.2, 0.25) is 0 Å². The lowest BCUT2D eigenvalue weighted by molar-refractivity contribution is 0.302. The molecule has 1 aromatic rings. The van der Waals surface area contributed by atoms with Crippen LogP contribution in [0.25, 0.3) is 0 Å². The van der Waals surface area contributed by atoms with Gasteiger partial charge in [-0.05, 0) is 26.3 Å². The van der Waals surface area contributed by atoms with Gasteiger partial charge in [0.25, 0.3) is 5.88 Å². The maximum absolute atomic E-state index is 9.06. The lowest BCUT2D eigenvalue weighted by Crippen LogP contribution is -2.03. The summed E-state index contributed by atoms with van der Waals surface area (Å²) in [5.74, 6) is 0.808. The highest BCUT2D eigenvalue weighted by molar-refractivity contribution is 5.54. The molecule has 0 N–H and O–H groups in total. The zero-order valence-electron chi connectivity index (χ0n) is 9.42. The first-order chi connectivity index (χ1) is 7.15. The third kappa shape index (κ3) is 2.01. The van der Waals surface area contributed by atoms with Crippen LogP contribution in [0, 0.1) is 25.2 Å². The van der Waals surface area contributed by atoms with Gasteiger partial charge in [-0.25, -0.2) is 4.98 Å². The molecule has 0 amide bonds. The summed E-state index contributed by atoms with van der Waals surface area (Å²) < 4.78 is 10.5. The average Bonchev–Trinajstić information content (AvgIpc) is 2.24. The molecule has 80 valence electrons. The molecule has 0 radical (unpaired) electrons. The van der Waals surface area contributed by atoms with Crippen LogP contribution in [0.2, 0.25) is 0 Å². The summed E-state index contributed by atoms with van der Waals surface area (Å²) in [5.41, 5.74) is 2.12. The minimum atomic E-state index is 0.372. The van der Waals surface area contributed by atoms with Crippen LogP contribution < -0.4 is 9.47 Å². The molecule has 1 heterocycles. The Morgan fingerprint density at radius 1 is 1.40 bits per heavy atom. The van der Waals surface area contributed by atoms with E-state index in [0.717, 1.165) is 11.3 Å². The zero-order valence-corrected chi connectivity index (χ0v) is 9.42. The smallest absolute Gasteiger partial charge is 0.258 e. The summed E-state index contributed by atoms with van der Waals surface area (Å²) in [5, 5.41) is 9.06. The van der Waals surface area contributed by atoms with Crippen molar-refractivity contribution in [1.82, 2.24) is 4.98 Å². The standard InChI is InChI=1S/C11H14N2O2/c1-5-15-10-9(6-12)7(2)8(3)13-11(10)14-4/h5H2,1-4H3. The quantitative estimate of drug-likeness (QED) is 0.758. The van der Waals surface area contributed by atoms with E-state index in [1.54, 1.807) is 0 Å². The van der Waals surface area contributed by atoms with Crippen LogP contribution in [0.1, 0.15) is 23.7 Å². The van der Waals surface area contributed by atoms with Crippen LogP contribution in [0.5, 0.6) is 11.6 Å². The number of hydrogen-bond donors (Lipinski definition) is 0. The fourth-order valence-electron chi connectivity index (χ4n) is 1.30. The van der Waals surface area contributed by atoms with E-state index in [4.69, 9.17) is 14.7 Å². The fraction of sp³-hybridized carbons (Fsp3) is 0.455. The molecule has 0 bridgehead atoms. The predicted octanol–water partition coefficient (Wildman–Crippen LogP) is 1.98. The normalized spacial score (nSPS) is 9.53. The van der Waals surface area contributed by atoms with E-state index in [1.165, 1.54) is 7.11 Å². The van der Waals surface area contributed by atoms with Crippen molar-refractivity contribution in [2.45, 2.75) is 20.8 Å². The number of hydrogen-bond acceptors (Lipinski definition) is 4. The Morgan fingerprint density at radius 2 is 2.07 bits per heavy atom. The van der Waals surface area contributed by atoms with E-state index in [-0.39, 0.29) is 0 Å². The van der Waals surface area contributed by atoms with Crippen LogP contribution in [0.15, 0.2) is 0 Å². The fourth-order valence-corrected chi connectivity index (χ4v) is 1.30. The Bertz CT molecular complexity index is 408. The summed E-state index contributed by atoms with van der Waals surface area (Å²) >= 11 is 0. The minimum Gasteiger partial charge on any atom is -0.487 e. The molecule has 0 saturated heterocycles. The molecule has 4 nitrogen and oxygen atoms in total. The van der Waals surface area contributed by atoms with Gasteiger partial charge in [0.1, 0.15) is 11.6 Å². The van der Waals surface area contributed by atoms with Gasteiger partial charge in [-0.3, -0.25) is 0 Å². The molecule has 0 unspecified atom stereocenters. The summed E-state index contributed by atoms with van der Waals surface area (Å²) in [6.07, 6.45) is 0. The van der Waals surface area contributed by atoms with Crippen molar-refractivity contribution >= 4 is 0 Å². The van der Waals surface area contributed by atoms with Crippen molar-refractivity contribution in [2.75, 3.05) is 13.7 Å². The second-order valence-electron chi connectivity index (χ2n) is 3.08. The second kappa shape index (κ2) is 4.65. The van der Waals surface area contributed by atoms with Crippen molar-refractivity contribution in [3.05, 3.63) is 16.8 Å². The van der Waals surface area contributed by atoms with Crippen LogP contribution in [0.3, 0.4) is 0 Å². The molecular weight excluding hydrogens is 192 g/mol. The first kappa shape index (κ1) is 11.3. The molecule has 15 heavy (non-hydrogen) atoms. The van der Waals surface area contributed by atoms with Crippen LogP contribution >= 0.6 is 0 Å². The molecule has 0 fully saturated rings. The molecule has 0 aromatic carbocycles. The first-order valence-electron chi connectivity index (χ1n) is 4.73. The third-order valence-corrected chi connectivity index (χ3v) is 2.20. The van der Waals surface area contributed by atoms with Gasteiger partial charge < -0.3 is 9.47 Å². The molecule has 1 aromatic heterocycles. The molecule has 4 heteroatoms. The summed E-state index contributed by atoms with van der Waals surface area (Å²) in [7, 11) is 1.51. The van der Waals surface area contributed by atoms with Gasteiger partial charge in [0.15, 0.2) is 5.75 Å². The Labute approximate surface area is 89.5 Å².